The van der Waals surface area contributed by atoms with Gasteiger partial charge in [0.1, 0.15) is 5.75 Å². The summed E-state index contributed by atoms with van der Waals surface area (Å²) in [5.74, 6) is 1.13. The van der Waals surface area contributed by atoms with Crippen molar-refractivity contribution >= 4 is 16.8 Å². The third-order valence-electron chi connectivity index (χ3n) is 6.14. The number of pyridine rings is 1. The lowest BCUT2D eigenvalue weighted by molar-refractivity contribution is 0.0937. The van der Waals surface area contributed by atoms with Crippen molar-refractivity contribution in [1.29, 1.82) is 0 Å². The number of carbonyl (C=O) groups excluding carboxylic acids is 1. The van der Waals surface area contributed by atoms with E-state index >= 15 is 0 Å². The molecule has 1 aromatic heterocycles. The van der Waals surface area contributed by atoms with Gasteiger partial charge < -0.3 is 10.1 Å². The molecular weight excluding hydrogens is 420 g/mol. The Hall–Kier alpha value is -3.66. The van der Waals surface area contributed by atoms with Crippen LogP contribution in [0.5, 0.6) is 5.75 Å². The van der Waals surface area contributed by atoms with E-state index in [1.165, 1.54) is 5.56 Å². The Bertz CT molecular complexity index is 1280. The zero-order chi connectivity index (χ0) is 24.1. The van der Waals surface area contributed by atoms with Crippen LogP contribution in [0.1, 0.15) is 67.6 Å². The van der Waals surface area contributed by atoms with Crippen LogP contribution in [0.15, 0.2) is 78.9 Å². The SMILES string of the molecule is CCOc1ccccc1-c1cc(C(=O)N[C@H](CC)c2ccc(C(C)C)cc2)c2ccccc2n1. The summed E-state index contributed by atoms with van der Waals surface area (Å²) in [6.07, 6.45) is 0.801. The lowest BCUT2D eigenvalue weighted by Gasteiger charge is -2.19. The van der Waals surface area contributed by atoms with Crippen molar-refractivity contribution in [2.45, 2.75) is 46.1 Å². The predicted octanol–water partition coefficient (Wildman–Crippen LogP) is 7.31. The first-order valence-electron chi connectivity index (χ1n) is 12.0. The minimum absolute atomic E-state index is 0.0696. The first kappa shape index (κ1) is 23.5. The van der Waals surface area contributed by atoms with E-state index in [1.54, 1.807) is 0 Å². The number of para-hydroxylation sites is 2. The van der Waals surface area contributed by atoms with Crippen LogP contribution in [-0.4, -0.2) is 17.5 Å². The van der Waals surface area contributed by atoms with Crippen LogP contribution in [0.2, 0.25) is 0 Å². The first-order chi connectivity index (χ1) is 16.5. The standard InChI is InChI=1S/C30H32N2O2/c1-5-26(22-17-15-21(16-18-22)20(3)4)32-30(33)25-19-28(31-27-13-9-7-11-23(25)27)24-12-8-10-14-29(24)34-6-2/h7-20,26H,5-6H2,1-4H3,(H,32,33)/t26-/m1/s1. The summed E-state index contributed by atoms with van der Waals surface area (Å²) in [5, 5.41) is 4.10. The fourth-order valence-electron chi connectivity index (χ4n) is 4.23. The molecule has 4 heteroatoms. The summed E-state index contributed by atoms with van der Waals surface area (Å²) < 4.78 is 5.83. The van der Waals surface area contributed by atoms with Gasteiger partial charge in [0.2, 0.25) is 0 Å². The van der Waals surface area contributed by atoms with Crippen LogP contribution in [0, 0.1) is 0 Å². The van der Waals surface area contributed by atoms with Gasteiger partial charge in [0.15, 0.2) is 0 Å². The zero-order valence-electron chi connectivity index (χ0n) is 20.3. The van der Waals surface area contributed by atoms with Crippen molar-refractivity contribution in [3.05, 3.63) is 95.6 Å². The molecule has 4 aromatic rings. The average molecular weight is 453 g/mol. The van der Waals surface area contributed by atoms with Gasteiger partial charge >= 0.3 is 0 Å². The minimum Gasteiger partial charge on any atom is -0.493 e. The molecule has 0 saturated carbocycles. The number of aromatic nitrogens is 1. The van der Waals surface area contributed by atoms with Crippen molar-refractivity contribution < 1.29 is 9.53 Å². The molecular formula is C30H32N2O2. The molecule has 1 atom stereocenters. The monoisotopic (exact) mass is 452 g/mol. The van der Waals surface area contributed by atoms with Crippen molar-refractivity contribution in [1.82, 2.24) is 10.3 Å². The van der Waals surface area contributed by atoms with Crippen LogP contribution >= 0.6 is 0 Å². The van der Waals surface area contributed by atoms with E-state index in [1.807, 2.05) is 61.5 Å². The number of ether oxygens (including phenoxy) is 1. The van der Waals surface area contributed by atoms with Crippen LogP contribution < -0.4 is 10.1 Å². The van der Waals surface area contributed by atoms with E-state index in [2.05, 4.69) is 50.4 Å². The molecule has 3 aromatic carbocycles. The highest BCUT2D eigenvalue weighted by atomic mass is 16.5. The third kappa shape index (κ3) is 4.96. The third-order valence-corrected chi connectivity index (χ3v) is 6.14. The number of rotatable bonds is 8. The predicted molar refractivity (Wildman–Crippen MR) is 139 cm³/mol. The van der Waals surface area contributed by atoms with Gasteiger partial charge in [0.25, 0.3) is 5.91 Å². The summed E-state index contributed by atoms with van der Waals surface area (Å²) in [6, 6.07) is 26.0. The lowest BCUT2D eigenvalue weighted by Crippen LogP contribution is -2.28. The Morgan fingerprint density at radius 2 is 1.59 bits per heavy atom. The molecule has 1 heterocycles. The molecule has 0 fully saturated rings. The van der Waals surface area contributed by atoms with Crippen molar-refractivity contribution in [2.24, 2.45) is 0 Å². The number of hydrogen-bond donors (Lipinski definition) is 1. The van der Waals surface area contributed by atoms with Crippen LogP contribution in [0.3, 0.4) is 0 Å². The number of amides is 1. The Labute approximate surface area is 202 Å². The highest BCUT2D eigenvalue weighted by Gasteiger charge is 2.19. The van der Waals surface area contributed by atoms with E-state index in [0.29, 0.717) is 18.1 Å². The normalized spacial score (nSPS) is 12.0. The Morgan fingerprint density at radius 1 is 0.912 bits per heavy atom. The molecule has 0 bridgehead atoms. The number of carbonyl (C=O) groups is 1. The number of nitrogens with one attached hydrogen (secondary N) is 1. The van der Waals surface area contributed by atoms with Crippen LogP contribution in [0.25, 0.3) is 22.2 Å². The molecule has 0 unspecified atom stereocenters. The van der Waals surface area contributed by atoms with Gasteiger partial charge in [-0.25, -0.2) is 4.98 Å². The number of fused-ring (bicyclic) bond motifs is 1. The van der Waals surface area contributed by atoms with Crippen molar-refractivity contribution in [2.75, 3.05) is 6.61 Å². The maximum absolute atomic E-state index is 13.6. The minimum atomic E-state index is -0.103. The Balaban J connectivity index is 1.72. The van der Waals surface area contributed by atoms with E-state index in [9.17, 15) is 4.79 Å². The van der Waals surface area contributed by atoms with E-state index in [0.717, 1.165) is 39.9 Å². The maximum Gasteiger partial charge on any atom is 0.252 e. The molecule has 1 amide bonds. The quantitative estimate of drug-likeness (QED) is 0.305. The van der Waals surface area contributed by atoms with Gasteiger partial charge in [-0.3, -0.25) is 4.79 Å². The molecule has 0 aliphatic carbocycles. The first-order valence-corrected chi connectivity index (χ1v) is 12.0. The zero-order valence-corrected chi connectivity index (χ0v) is 20.3. The van der Waals surface area contributed by atoms with Crippen LogP contribution in [0.4, 0.5) is 0 Å². The Kier molecular flexibility index (Phi) is 7.27. The largest absolute Gasteiger partial charge is 0.493 e. The molecule has 0 radical (unpaired) electrons. The van der Waals surface area contributed by atoms with Gasteiger partial charge in [0, 0.05) is 10.9 Å². The van der Waals surface area contributed by atoms with Gasteiger partial charge in [-0.05, 0) is 54.7 Å². The smallest absolute Gasteiger partial charge is 0.252 e. The van der Waals surface area contributed by atoms with E-state index in [4.69, 9.17) is 9.72 Å². The summed E-state index contributed by atoms with van der Waals surface area (Å²) >= 11 is 0. The highest BCUT2D eigenvalue weighted by Crippen LogP contribution is 2.32. The van der Waals surface area contributed by atoms with Crippen molar-refractivity contribution in [3.63, 3.8) is 0 Å². The summed E-state index contributed by atoms with van der Waals surface area (Å²) in [6.45, 7) is 8.98. The fourth-order valence-corrected chi connectivity index (χ4v) is 4.23. The summed E-state index contributed by atoms with van der Waals surface area (Å²) in [7, 11) is 0. The van der Waals surface area contributed by atoms with Gasteiger partial charge in [-0.2, -0.15) is 0 Å². The maximum atomic E-state index is 13.6. The van der Waals surface area contributed by atoms with E-state index < -0.39 is 0 Å². The molecule has 34 heavy (non-hydrogen) atoms. The second kappa shape index (κ2) is 10.5. The average Bonchev–Trinajstić information content (AvgIpc) is 2.87. The van der Waals surface area contributed by atoms with Gasteiger partial charge in [-0.1, -0.05) is 75.4 Å². The topological polar surface area (TPSA) is 51.2 Å². The second-order valence-electron chi connectivity index (χ2n) is 8.76. The molecule has 174 valence electrons. The van der Waals surface area contributed by atoms with E-state index in [-0.39, 0.29) is 11.9 Å². The van der Waals surface area contributed by atoms with Crippen molar-refractivity contribution in [3.8, 4) is 17.0 Å². The fraction of sp³-hybridized carbons (Fsp3) is 0.267. The number of benzene rings is 3. The second-order valence-corrected chi connectivity index (χ2v) is 8.76. The highest BCUT2D eigenvalue weighted by molar-refractivity contribution is 6.07. The molecule has 0 spiro atoms. The lowest BCUT2D eigenvalue weighted by atomic mass is 9.97. The summed E-state index contributed by atoms with van der Waals surface area (Å²) in [4.78, 5) is 18.5. The summed E-state index contributed by atoms with van der Waals surface area (Å²) in [5.41, 5.74) is 5.40. The molecule has 0 aliphatic heterocycles. The molecule has 0 saturated heterocycles. The number of hydrogen-bond acceptors (Lipinski definition) is 3. The van der Waals surface area contributed by atoms with Gasteiger partial charge in [-0.15, -0.1) is 0 Å². The number of nitrogens with zero attached hydrogens (tertiary/aromatic N) is 1. The Morgan fingerprint density at radius 3 is 2.29 bits per heavy atom. The molecule has 4 nitrogen and oxygen atoms in total. The molecule has 0 aliphatic rings. The van der Waals surface area contributed by atoms with Crippen LogP contribution in [-0.2, 0) is 0 Å². The molecule has 4 rings (SSSR count). The van der Waals surface area contributed by atoms with Gasteiger partial charge in [0.05, 0.1) is 29.4 Å². The molecule has 1 N–H and O–H groups in total.